The van der Waals surface area contributed by atoms with Crippen LogP contribution >= 0.6 is 0 Å². The van der Waals surface area contributed by atoms with Gasteiger partial charge in [0.05, 0.1) is 6.10 Å². The minimum Gasteiger partial charge on any atom is -0.393 e. The number of aliphatic hydroxyl groups is 1. The van der Waals surface area contributed by atoms with E-state index in [1.54, 1.807) is 0 Å². The van der Waals surface area contributed by atoms with Crippen molar-refractivity contribution in [1.29, 1.82) is 0 Å². The standard InChI is InChI=1S/C13H24O/c1-3-4-5-6-7-8-9-10-11-12-13(2)14/h13-14H,3,6-12H2,1-2H3/t13-/m0/s1. The molecule has 0 heterocycles. The topological polar surface area (TPSA) is 20.2 Å². The summed E-state index contributed by atoms with van der Waals surface area (Å²) in [7, 11) is 0. The molecular formula is C13H24O. The van der Waals surface area contributed by atoms with E-state index in [1.165, 1.54) is 25.7 Å². The molecule has 14 heavy (non-hydrogen) atoms. The first kappa shape index (κ1) is 13.5. The largest absolute Gasteiger partial charge is 0.393 e. The Morgan fingerprint density at radius 3 is 2.29 bits per heavy atom. The van der Waals surface area contributed by atoms with Gasteiger partial charge in [0.2, 0.25) is 0 Å². The fourth-order valence-electron chi connectivity index (χ4n) is 1.40. The van der Waals surface area contributed by atoms with Crippen molar-refractivity contribution in [3.8, 4) is 11.8 Å². The molecule has 1 heteroatoms. The summed E-state index contributed by atoms with van der Waals surface area (Å²) in [5, 5.41) is 9.03. The van der Waals surface area contributed by atoms with Crippen molar-refractivity contribution >= 4 is 0 Å². The Bertz CT molecular complexity index is 162. The van der Waals surface area contributed by atoms with Crippen LogP contribution in [0.2, 0.25) is 0 Å². The molecule has 0 fully saturated rings. The van der Waals surface area contributed by atoms with Crippen molar-refractivity contribution in [3.05, 3.63) is 0 Å². The number of unbranched alkanes of at least 4 members (excludes halogenated alkanes) is 5. The summed E-state index contributed by atoms with van der Waals surface area (Å²) in [6.07, 6.45) is 9.12. The van der Waals surface area contributed by atoms with Gasteiger partial charge in [-0.15, -0.1) is 11.8 Å². The minimum atomic E-state index is -0.120. The fraction of sp³-hybridized carbons (Fsp3) is 0.846. The molecule has 0 unspecified atom stereocenters. The second-order valence-corrected chi connectivity index (χ2v) is 3.86. The lowest BCUT2D eigenvalue weighted by molar-refractivity contribution is 0.180. The molecule has 0 radical (unpaired) electrons. The van der Waals surface area contributed by atoms with Gasteiger partial charge in [-0.05, 0) is 19.8 Å². The molecule has 0 aliphatic carbocycles. The van der Waals surface area contributed by atoms with Crippen molar-refractivity contribution in [2.24, 2.45) is 0 Å². The van der Waals surface area contributed by atoms with Gasteiger partial charge in [0.1, 0.15) is 0 Å². The molecule has 0 aromatic carbocycles. The van der Waals surface area contributed by atoms with Crippen LogP contribution in [0.15, 0.2) is 0 Å². The summed E-state index contributed by atoms with van der Waals surface area (Å²) in [6, 6.07) is 0. The van der Waals surface area contributed by atoms with Gasteiger partial charge in [0.25, 0.3) is 0 Å². The van der Waals surface area contributed by atoms with Gasteiger partial charge < -0.3 is 5.11 Å². The predicted octanol–water partition coefficient (Wildman–Crippen LogP) is 3.51. The first-order valence-electron chi connectivity index (χ1n) is 5.91. The lowest BCUT2D eigenvalue weighted by atomic mass is 10.1. The van der Waals surface area contributed by atoms with E-state index in [9.17, 15) is 0 Å². The molecule has 1 nitrogen and oxygen atoms in total. The summed E-state index contributed by atoms with van der Waals surface area (Å²) in [4.78, 5) is 0. The Hall–Kier alpha value is -0.480. The summed E-state index contributed by atoms with van der Waals surface area (Å²) in [5.41, 5.74) is 0. The first-order valence-corrected chi connectivity index (χ1v) is 5.91. The molecular weight excluding hydrogens is 172 g/mol. The zero-order valence-electron chi connectivity index (χ0n) is 9.68. The highest BCUT2D eigenvalue weighted by Crippen LogP contribution is 2.08. The maximum absolute atomic E-state index is 9.03. The highest BCUT2D eigenvalue weighted by Gasteiger charge is 1.94. The van der Waals surface area contributed by atoms with Crippen molar-refractivity contribution in [2.45, 2.75) is 71.3 Å². The molecule has 0 rings (SSSR count). The Balaban J connectivity index is 2.99. The molecule has 82 valence electrons. The molecule has 0 aromatic heterocycles. The van der Waals surface area contributed by atoms with Crippen molar-refractivity contribution in [1.82, 2.24) is 0 Å². The molecule has 0 amide bonds. The SMILES string of the molecule is CCC#CCCCCCCC[C@H](C)O. The third-order valence-electron chi connectivity index (χ3n) is 2.23. The van der Waals surface area contributed by atoms with E-state index in [1.807, 2.05) is 6.92 Å². The van der Waals surface area contributed by atoms with E-state index in [0.29, 0.717) is 0 Å². The first-order chi connectivity index (χ1) is 6.77. The molecule has 0 aliphatic heterocycles. The monoisotopic (exact) mass is 196 g/mol. The Labute approximate surface area is 88.9 Å². The fourth-order valence-corrected chi connectivity index (χ4v) is 1.40. The van der Waals surface area contributed by atoms with Gasteiger partial charge >= 0.3 is 0 Å². The average Bonchev–Trinajstić information content (AvgIpc) is 2.15. The van der Waals surface area contributed by atoms with E-state index >= 15 is 0 Å². The Morgan fingerprint density at radius 1 is 1.00 bits per heavy atom. The van der Waals surface area contributed by atoms with Crippen LogP contribution in [0.5, 0.6) is 0 Å². The normalized spacial score (nSPS) is 11.9. The zero-order valence-corrected chi connectivity index (χ0v) is 9.68. The van der Waals surface area contributed by atoms with Crippen LogP contribution in [-0.4, -0.2) is 11.2 Å². The van der Waals surface area contributed by atoms with Crippen LogP contribution in [-0.2, 0) is 0 Å². The molecule has 0 aromatic rings. The van der Waals surface area contributed by atoms with Gasteiger partial charge in [-0.25, -0.2) is 0 Å². The van der Waals surface area contributed by atoms with Gasteiger partial charge in [0, 0.05) is 12.8 Å². The third kappa shape index (κ3) is 11.5. The zero-order chi connectivity index (χ0) is 10.6. The van der Waals surface area contributed by atoms with E-state index in [2.05, 4.69) is 18.8 Å². The number of hydrogen-bond donors (Lipinski definition) is 1. The second kappa shape index (κ2) is 10.6. The molecule has 0 spiro atoms. The number of rotatable bonds is 7. The van der Waals surface area contributed by atoms with Crippen LogP contribution in [0.3, 0.4) is 0 Å². The van der Waals surface area contributed by atoms with E-state index in [-0.39, 0.29) is 6.10 Å². The maximum Gasteiger partial charge on any atom is 0.0512 e. The number of hydrogen-bond acceptors (Lipinski definition) is 1. The summed E-state index contributed by atoms with van der Waals surface area (Å²) in [5.74, 6) is 6.24. The minimum absolute atomic E-state index is 0.120. The Kier molecular flexibility index (Phi) is 10.2. The van der Waals surface area contributed by atoms with Crippen LogP contribution < -0.4 is 0 Å². The van der Waals surface area contributed by atoms with Crippen molar-refractivity contribution < 1.29 is 5.11 Å². The molecule has 1 N–H and O–H groups in total. The van der Waals surface area contributed by atoms with E-state index in [0.717, 1.165) is 25.7 Å². The van der Waals surface area contributed by atoms with E-state index in [4.69, 9.17) is 5.11 Å². The quantitative estimate of drug-likeness (QED) is 0.488. The van der Waals surface area contributed by atoms with Crippen LogP contribution in [0.25, 0.3) is 0 Å². The summed E-state index contributed by atoms with van der Waals surface area (Å²) < 4.78 is 0. The van der Waals surface area contributed by atoms with Crippen molar-refractivity contribution in [3.63, 3.8) is 0 Å². The Morgan fingerprint density at radius 2 is 1.64 bits per heavy atom. The van der Waals surface area contributed by atoms with Gasteiger partial charge in [-0.2, -0.15) is 0 Å². The molecule has 0 saturated heterocycles. The van der Waals surface area contributed by atoms with Gasteiger partial charge in [-0.3, -0.25) is 0 Å². The van der Waals surface area contributed by atoms with Crippen LogP contribution in [0.1, 0.15) is 65.2 Å². The lowest BCUT2D eigenvalue weighted by Crippen LogP contribution is -1.98. The molecule has 0 bridgehead atoms. The molecule has 0 saturated carbocycles. The average molecular weight is 196 g/mol. The van der Waals surface area contributed by atoms with Crippen molar-refractivity contribution in [2.75, 3.05) is 0 Å². The van der Waals surface area contributed by atoms with Crippen LogP contribution in [0.4, 0.5) is 0 Å². The highest BCUT2D eigenvalue weighted by molar-refractivity contribution is 4.97. The van der Waals surface area contributed by atoms with Gasteiger partial charge in [-0.1, -0.05) is 32.6 Å². The van der Waals surface area contributed by atoms with Gasteiger partial charge in [0.15, 0.2) is 0 Å². The summed E-state index contributed by atoms with van der Waals surface area (Å²) in [6.45, 7) is 3.95. The molecule has 0 aliphatic rings. The summed E-state index contributed by atoms with van der Waals surface area (Å²) >= 11 is 0. The molecule has 1 atom stereocenters. The third-order valence-corrected chi connectivity index (χ3v) is 2.23. The van der Waals surface area contributed by atoms with E-state index < -0.39 is 0 Å². The second-order valence-electron chi connectivity index (χ2n) is 3.86. The predicted molar refractivity (Wildman–Crippen MR) is 62.1 cm³/mol. The van der Waals surface area contributed by atoms with Crippen LogP contribution in [0, 0.1) is 11.8 Å². The smallest absolute Gasteiger partial charge is 0.0512 e. The lowest BCUT2D eigenvalue weighted by Gasteiger charge is -2.02. The highest BCUT2D eigenvalue weighted by atomic mass is 16.3. The maximum atomic E-state index is 9.03. The number of aliphatic hydroxyl groups excluding tert-OH is 1.